The quantitative estimate of drug-likeness (QED) is 0.366. The van der Waals surface area contributed by atoms with Crippen LogP contribution < -0.4 is 10.3 Å². The number of H-pyrrole nitrogens is 1. The maximum absolute atomic E-state index is 13.6. The molecule has 1 saturated heterocycles. The lowest BCUT2D eigenvalue weighted by molar-refractivity contribution is 0.0968. The maximum atomic E-state index is 13.6. The monoisotopic (exact) mass is 529 g/mol. The molecule has 0 saturated carbocycles. The van der Waals surface area contributed by atoms with Crippen molar-refractivity contribution in [3.8, 4) is 5.75 Å². The normalized spacial score (nSPS) is 16.1. The van der Waals surface area contributed by atoms with Gasteiger partial charge in [0.15, 0.2) is 5.82 Å². The van der Waals surface area contributed by atoms with Crippen LogP contribution in [0, 0.1) is 13.8 Å². The van der Waals surface area contributed by atoms with Crippen molar-refractivity contribution in [2.45, 2.75) is 59.2 Å². The lowest BCUT2D eigenvalue weighted by Crippen LogP contribution is -2.49. The van der Waals surface area contributed by atoms with Crippen molar-refractivity contribution in [1.82, 2.24) is 35.0 Å². The lowest BCUT2D eigenvalue weighted by atomic mass is 9.98. The molecule has 2 aromatic heterocycles. The maximum Gasteiger partial charge on any atom is 0.253 e. The number of nitrogens with zero attached hydrogens (tertiary/aromatic N) is 6. The zero-order valence-electron chi connectivity index (χ0n) is 23.9. The molecule has 206 valence electrons. The van der Waals surface area contributed by atoms with E-state index in [9.17, 15) is 4.79 Å². The van der Waals surface area contributed by atoms with Crippen LogP contribution in [0.15, 0.2) is 47.3 Å². The molecule has 1 aliphatic heterocycles. The number of aryl methyl sites for hydroxylation is 2. The van der Waals surface area contributed by atoms with Gasteiger partial charge in [-0.25, -0.2) is 4.68 Å². The van der Waals surface area contributed by atoms with Gasteiger partial charge < -0.3 is 9.72 Å². The highest BCUT2D eigenvalue weighted by Crippen LogP contribution is 2.31. The molecule has 3 heterocycles. The van der Waals surface area contributed by atoms with E-state index in [1.165, 1.54) is 11.1 Å². The minimum Gasteiger partial charge on any atom is -0.497 e. The van der Waals surface area contributed by atoms with Gasteiger partial charge in [-0.1, -0.05) is 19.1 Å². The first kappa shape index (κ1) is 27.0. The Labute approximate surface area is 229 Å². The van der Waals surface area contributed by atoms with Crippen LogP contribution in [0.1, 0.15) is 61.3 Å². The van der Waals surface area contributed by atoms with Crippen LogP contribution in [0.3, 0.4) is 0 Å². The van der Waals surface area contributed by atoms with Crippen molar-refractivity contribution < 1.29 is 4.74 Å². The molecule has 1 fully saturated rings. The zero-order valence-corrected chi connectivity index (χ0v) is 23.9. The van der Waals surface area contributed by atoms with E-state index in [0.29, 0.717) is 11.4 Å². The third kappa shape index (κ3) is 5.46. The van der Waals surface area contributed by atoms with Crippen molar-refractivity contribution in [3.63, 3.8) is 0 Å². The first-order valence-electron chi connectivity index (χ1n) is 13.7. The fourth-order valence-corrected chi connectivity index (χ4v) is 5.35. The number of pyridine rings is 1. The molecular formula is C30H39N7O2. The Bertz CT molecular complexity index is 1520. The third-order valence-electron chi connectivity index (χ3n) is 8.27. The van der Waals surface area contributed by atoms with Gasteiger partial charge in [0, 0.05) is 43.8 Å². The Balaban J connectivity index is 1.50. The van der Waals surface area contributed by atoms with Crippen molar-refractivity contribution in [3.05, 3.63) is 80.9 Å². The van der Waals surface area contributed by atoms with Crippen LogP contribution >= 0.6 is 0 Å². The fourth-order valence-electron chi connectivity index (χ4n) is 5.35. The number of ether oxygens (including phenoxy) is 1. The molecular weight excluding hydrogens is 490 g/mol. The summed E-state index contributed by atoms with van der Waals surface area (Å²) in [6.45, 7) is 14.7. The number of fused-ring (bicyclic) bond motifs is 1. The molecule has 39 heavy (non-hydrogen) atoms. The highest BCUT2D eigenvalue weighted by Gasteiger charge is 2.35. The molecule has 0 bridgehead atoms. The Morgan fingerprint density at radius 1 is 1.05 bits per heavy atom. The predicted octanol–water partition coefficient (Wildman–Crippen LogP) is 4.19. The summed E-state index contributed by atoms with van der Waals surface area (Å²) in [6, 6.07) is 14.1. The first-order valence-corrected chi connectivity index (χ1v) is 13.7. The molecule has 9 heteroatoms. The van der Waals surface area contributed by atoms with Gasteiger partial charge >= 0.3 is 0 Å². The van der Waals surface area contributed by atoms with E-state index in [4.69, 9.17) is 4.74 Å². The highest BCUT2D eigenvalue weighted by molar-refractivity contribution is 5.81. The van der Waals surface area contributed by atoms with Crippen LogP contribution in [0.25, 0.3) is 10.9 Å². The summed E-state index contributed by atoms with van der Waals surface area (Å²) < 4.78 is 7.31. The predicted molar refractivity (Wildman–Crippen MR) is 153 cm³/mol. The Morgan fingerprint density at radius 2 is 1.79 bits per heavy atom. The molecule has 0 spiro atoms. The largest absolute Gasteiger partial charge is 0.497 e. The van der Waals surface area contributed by atoms with Gasteiger partial charge in [-0.05, 0) is 97.0 Å². The van der Waals surface area contributed by atoms with E-state index in [0.717, 1.165) is 61.4 Å². The summed E-state index contributed by atoms with van der Waals surface area (Å²) in [7, 11) is 1.70. The Hall–Kier alpha value is -3.56. The molecule has 1 N–H and O–H groups in total. The second-order valence-electron chi connectivity index (χ2n) is 11.3. The van der Waals surface area contributed by atoms with Crippen molar-refractivity contribution in [2.75, 3.05) is 33.3 Å². The summed E-state index contributed by atoms with van der Waals surface area (Å²) in [5.74, 6) is 1.58. The Kier molecular flexibility index (Phi) is 7.55. The molecule has 0 aliphatic carbocycles. The molecule has 0 radical (unpaired) electrons. The van der Waals surface area contributed by atoms with Gasteiger partial charge in [0.1, 0.15) is 11.8 Å². The second kappa shape index (κ2) is 10.9. The van der Waals surface area contributed by atoms with Gasteiger partial charge in [-0.2, -0.15) is 0 Å². The minimum atomic E-state index is -0.362. The van der Waals surface area contributed by atoms with Crippen LogP contribution in [0.2, 0.25) is 0 Å². The van der Waals surface area contributed by atoms with Crippen molar-refractivity contribution >= 4 is 10.9 Å². The molecule has 4 aromatic rings. The number of rotatable bonds is 8. The lowest BCUT2D eigenvalue weighted by Gasteiger charge is -2.39. The van der Waals surface area contributed by atoms with Crippen LogP contribution in [0.5, 0.6) is 5.75 Å². The number of benzene rings is 2. The summed E-state index contributed by atoms with van der Waals surface area (Å²) in [4.78, 5) is 21.6. The number of hydrogen-bond acceptors (Lipinski definition) is 7. The molecule has 1 atom stereocenters. The molecule has 2 aromatic carbocycles. The van der Waals surface area contributed by atoms with Crippen LogP contribution in [-0.2, 0) is 12.1 Å². The average molecular weight is 530 g/mol. The summed E-state index contributed by atoms with van der Waals surface area (Å²) >= 11 is 0. The molecule has 0 amide bonds. The van der Waals surface area contributed by atoms with Gasteiger partial charge in [0.05, 0.1) is 12.6 Å². The van der Waals surface area contributed by atoms with E-state index in [1.54, 1.807) is 7.11 Å². The van der Waals surface area contributed by atoms with Gasteiger partial charge in [-0.3, -0.25) is 14.6 Å². The molecule has 5 rings (SSSR count). The first-order chi connectivity index (χ1) is 18.7. The molecule has 9 nitrogen and oxygen atoms in total. The van der Waals surface area contributed by atoms with E-state index in [1.807, 2.05) is 28.9 Å². The third-order valence-corrected chi connectivity index (χ3v) is 8.27. The SMILES string of the molecule is CCC(C)(C)n1nnnc1[C@H](c1cc2cc(C)c(C)cc2[nH]c1=O)N1CCN(Cc2cccc(OC)c2)CC1. The van der Waals surface area contributed by atoms with Crippen molar-refractivity contribution in [2.24, 2.45) is 0 Å². The van der Waals surface area contributed by atoms with E-state index < -0.39 is 0 Å². The van der Waals surface area contributed by atoms with E-state index in [-0.39, 0.29) is 17.1 Å². The van der Waals surface area contributed by atoms with E-state index in [2.05, 4.69) is 83.1 Å². The topological polar surface area (TPSA) is 92.2 Å². The van der Waals surface area contributed by atoms with Gasteiger partial charge in [0.2, 0.25) is 0 Å². The second-order valence-corrected chi connectivity index (χ2v) is 11.3. The Morgan fingerprint density at radius 3 is 2.51 bits per heavy atom. The van der Waals surface area contributed by atoms with Crippen LogP contribution in [-0.4, -0.2) is 68.3 Å². The van der Waals surface area contributed by atoms with Gasteiger partial charge in [0.25, 0.3) is 5.56 Å². The zero-order chi connectivity index (χ0) is 27.7. The summed E-state index contributed by atoms with van der Waals surface area (Å²) in [5.41, 5.74) is 4.71. The number of aromatic nitrogens is 5. The number of piperazine rings is 1. The minimum absolute atomic E-state index is 0.0987. The van der Waals surface area contributed by atoms with E-state index >= 15 is 0 Å². The number of methoxy groups -OCH3 is 1. The highest BCUT2D eigenvalue weighted by atomic mass is 16.5. The standard InChI is InChI=1S/C30H39N7O2/c1-7-30(4,5)37-28(32-33-34-37)27(25-18-23-15-20(2)21(3)16-26(23)31-29(25)38)36-13-11-35(12-14-36)19-22-9-8-10-24(17-22)39-6/h8-10,15-18,27H,7,11-14,19H2,1-6H3,(H,31,38)/t27-/m0/s1. The summed E-state index contributed by atoms with van der Waals surface area (Å²) in [5, 5.41) is 14.0. The number of hydrogen-bond donors (Lipinski definition) is 1. The number of tetrazole rings is 1. The van der Waals surface area contributed by atoms with Crippen LogP contribution in [0.4, 0.5) is 0 Å². The van der Waals surface area contributed by atoms with Crippen molar-refractivity contribution in [1.29, 1.82) is 0 Å². The molecule has 0 unspecified atom stereocenters. The molecule has 1 aliphatic rings. The number of aromatic amines is 1. The smallest absolute Gasteiger partial charge is 0.253 e. The average Bonchev–Trinajstić information content (AvgIpc) is 3.42. The van der Waals surface area contributed by atoms with Gasteiger partial charge in [-0.15, -0.1) is 5.10 Å². The fraction of sp³-hybridized carbons (Fsp3) is 0.467. The number of nitrogens with one attached hydrogen (secondary N) is 1. The summed E-state index contributed by atoms with van der Waals surface area (Å²) in [6.07, 6.45) is 0.860.